The molecule has 5 heteroatoms. The van der Waals surface area contributed by atoms with Crippen molar-refractivity contribution in [3.8, 4) is 0 Å². The minimum absolute atomic E-state index is 0.157. The summed E-state index contributed by atoms with van der Waals surface area (Å²) in [5.74, 6) is 0.447. The maximum Gasteiger partial charge on any atom is 0.351 e. The summed E-state index contributed by atoms with van der Waals surface area (Å²) in [5.41, 5.74) is 0.689. The van der Waals surface area contributed by atoms with Gasteiger partial charge in [-0.3, -0.25) is 0 Å². The molecule has 0 amide bonds. The van der Waals surface area contributed by atoms with Gasteiger partial charge >= 0.3 is 5.69 Å². The van der Waals surface area contributed by atoms with Crippen molar-refractivity contribution in [2.45, 2.75) is 6.92 Å². The van der Waals surface area contributed by atoms with Crippen molar-refractivity contribution < 1.29 is 0 Å². The lowest BCUT2D eigenvalue weighted by molar-refractivity contribution is 0.730. The number of rotatable bonds is 0. The van der Waals surface area contributed by atoms with E-state index in [4.69, 9.17) is 0 Å². The topological polar surface area (TPSA) is 52.2 Å². The van der Waals surface area contributed by atoms with Crippen molar-refractivity contribution >= 4 is 5.78 Å². The fourth-order valence-corrected chi connectivity index (χ4v) is 1.13. The fourth-order valence-electron chi connectivity index (χ4n) is 1.13. The lowest BCUT2D eigenvalue weighted by Crippen LogP contribution is -2.19. The Morgan fingerprint density at radius 2 is 2.25 bits per heavy atom. The van der Waals surface area contributed by atoms with E-state index < -0.39 is 0 Å². The first kappa shape index (κ1) is 7.02. The lowest BCUT2D eigenvalue weighted by Gasteiger charge is -1.92. The number of aromatic nitrogens is 4. The van der Waals surface area contributed by atoms with Crippen molar-refractivity contribution in [2.24, 2.45) is 7.05 Å². The van der Waals surface area contributed by atoms with Crippen LogP contribution in [0.25, 0.3) is 5.78 Å². The second kappa shape index (κ2) is 2.17. The highest BCUT2D eigenvalue weighted by molar-refractivity contribution is 5.26. The molecule has 0 bridgehead atoms. The zero-order chi connectivity index (χ0) is 8.72. The Labute approximate surface area is 68.3 Å². The maximum absolute atomic E-state index is 11.4. The molecule has 2 aromatic rings. The average Bonchev–Trinajstić information content (AvgIpc) is 2.29. The van der Waals surface area contributed by atoms with Gasteiger partial charge in [0.25, 0.3) is 5.78 Å². The van der Waals surface area contributed by atoms with Gasteiger partial charge in [0.05, 0.1) is 0 Å². The smallest absolute Gasteiger partial charge is 0.246 e. The molecule has 0 radical (unpaired) electrons. The molecular weight excluding hydrogens is 156 g/mol. The van der Waals surface area contributed by atoms with Crippen LogP contribution in [0.3, 0.4) is 0 Å². The third-order valence-electron chi connectivity index (χ3n) is 1.77. The molecule has 0 aliphatic rings. The Hall–Kier alpha value is -1.65. The number of nitrogens with zero attached hydrogens (tertiary/aromatic N) is 4. The van der Waals surface area contributed by atoms with Crippen LogP contribution < -0.4 is 5.69 Å². The molecule has 5 nitrogen and oxygen atoms in total. The number of hydrogen-bond donors (Lipinski definition) is 0. The molecule has 0 N–H and O–H groups in total. The molecule has 0 aromatic carbocycles. The predicted molar refractivity (Wildman–Crippen MR) is 43.0 cm³/mol. The first-order valence-electron chi connectivity index (χ1n) is 3.57. The third kappa shape index (κ3) is 0.761. The largest absolute Gasteiger partial charge is 0.351 e. The summed E-state index contributed by atoms with van der Waals surface area (Å²) in [6.07, 6.45) is 1.64. The van der Waals surface area contributed by atoms with E-state index in [9.17, 15) is 4.79 Å². The fraction of sp³-hybridized carbons (Fsp3) is 0.286. The number of fused-ring (bicyclic) bond motifs is 1. The first-order valence-corrected chi connectivity index (χ1v) is 3.57. The van der Waals surface area contributed by atoms with E-state index in [0.717, 1.165) is 5.69 Å². The van der Waals surface area contributed by atoms with E-state index >= 15 is 0 Å². The van der Waals surface area contributed by atoms with Crippen molar-refractivity contribution in [3.63, 3.8) is 0 Å². The molecule has 62 valence electrons. The second-order valence-corrected chi connectivity index (χ2v) is 2.63. The van der Waals surface area contributed by atoms with Gasteiger partial charge in [0, 0.05) is 18.9 Å². The maximum atomic E-state index is 11.4. The van der Waals surface area contributed by atoms with Gasteiger partial charge < -0.3 is 0 Å². The molecule has 0 aliphatic carbocycles. The Morgan fingerprint density at radius 3 is 2.92 bits per heavy atom. The molecule has 0 saturated carbocycles. The summed E-state index contributed by atoms with van der Waals surface area (Å²) in [6, 6.07) is 1.77. The summed E-state index contributed by atoms with van der Waals surface area (Å²) in [4.78, 5) is 15.3. The van der Waals surface area contributed by atoms with E-state index in [1.54, 1.807) is 19.3 Å². The molecular formula is C7H8N4O. The molecule has 0 unspecified atom stereocenters. The molecule has 2 aromatic heterocycles. The van der Waals surface area contributed by atoms with Crippen molar-refractivity contribution in [3.05, 3.63) is 28.4 Å². The SMILES string of the molecule is Cc1ccnc2nn(C)c(=O)n12. The molecule has 2 heterocycles. The Kier molecular flexibility index (Phi) is 1.27. The quantitative estimate of drug-likeness (QED) is 0.539. The van der Waals surface area contributed by atoms with Crippen LogP contribution >= 0.6 is 0 Å². The van der Waals surface area contributed by atoms with Crippen LogP contribution in [0.5, 0.6) is 0 Å². The average molecular weight is 164 g/mol. The number of aryl methyl sites for hydroxylation is 2. The molecule has 0 atom stereocenters. The summed E-state index contributed by atoms with van der Waals surface area (Å²) in [7, 11) is 1.61. The molecule has 0 aliphatic heterocycles. The molecule has 12 heavy (non-hydrogen) atoms. The minimum Gasteiger partial charge on any atom is -0.246 e. The summed E-state index contributed by atoms with van der Waals surface area (Å²) in [5, 5.41) is 3.93. The van der Waals surface area contributed by atoms with Gasteiger partial charge in [0.15, 0.2) is 0 Å². The van der Waals surface area contributed by atoms with Gasteiger partial charge in [0.1, 0.15) is 0 Å². The highest BCUT2D eigenvalue weighted by Crippen LogP contribution is 1.95. The van der Waals surface area contributed by atoms with E-state index in [1.165, 1.54) is 9.08 Å². The zero-order valence-electron chi connectivity index (χ0n) is 6.85. The van der Waals surface area contributed by atoms with Crippen LogP contribution in [0.1, 0.15) is 5.69 Å². The molecule has 2 rings (SSSR count). The highest BCUT2D eigenvalue weighted by atomic mass is 16.2. The molecule has 0 spiro atoms. The van der Waals surface area contributed by atoms with Crippen LogP contribution in [-0.2, 0) is 7.05 Å². The van der Waals surface area contributed by atoms with Gasteiger partial charge in [-0.1, -0.05) is 0 Å². The van der Waals surface area contributed by atoms with Gasteiger partial charge in [-0.15, -0.1) is 5.10 Å². The Balaban J connectivity index is 3.07. The Morgan fingerprint density at radius 1 is 1.50 bits per heavy atom. The zero-order valence-corrected chi connectivity index (χ0v) is 6.85. The van der Waals surface area contributed by atoms with Crippen LogP contribution in [0.15, 0.2) is 17.1 Å². The standard InChI is InChI=1S/C7H8N4O/c1-5-3-4-8-6-9-10(2)7(12)11(5)6/h3-4H,1-2H3. The summed E-state index contributed by atoms with van der Waals surface area (Å²) < 4.78 is 2.75. The lowest BCUT2D eigenvalue weighted by atomic mass is 10.4. The van der Waals surface area contributed by atoms with Gasteiger partial charge in [-0.25, -0.2) is 18.9 Å². The predicted octanol–water partition coefficient (Wildman–Crippen LogP) is -0.264. The molecule has 0 saturated heterocycles. The second-order valence-electron chi connectivity index (χ2n) is 2.63. The highest BCUT2D eigenvalue weighted by Gasteiger charge is 2.04. The van der Waals surface area contributed by atoms with E-state index in [2.05, 4.69) is 10.1 Å². The van der Waals surface area contributed by atoms with Crippen molar-refractivity contribution in [2.75, 3.05) is 0 Å². The summed E-state index contributed by atoms with van der Waals surface area (Å²) >= 11 is 0. The Bertz CT molecular complexity index is 482. The normalized spacial score (nSPS) is 10.8. The minimum atomic E-state index is -0.157. The monoisotopic (exact) mass is 164 g/mol. The van der Waals surface area contributed by atoms with Gasteiger partial charge in [0.2, 0.25) is 0 Å². The van der Waals surface area contributed by atoms with Crippen LogP contribution in [0, 0.1) is 6.92 Å². The summed E-state index contributed by atoms with van der Waals surface area (Å²) in [6.45, 7) is 1.84. The van der Waals surface area contributed by atoms with E-state index in [1.807, 2.05) is 6.92 Å². The van der Waals surface area contributed by atoms with Gasteiger partial charge in [-0.05, 0) is 13.0 Å². The first-order chi connectivity index (χ1) is 5.70. The van der Waals surface area contributed by atoms with Crippen LogP contribution in [-0.4, -0.2) is 19.2 Å². The van der Waals surface area contributed by atoms with Crippen molar-refractivity contribution in [1.29, 1.82) is 0 Å². The van der Waals surface area contributed by atoms with Crippen molar-refractivity contribution in [1.82, 2.24) is 19.2 Å². The number of hydrogen-bond acceptors (Lipinski definition) is 3. The van der Waals surface area contributed by atoms with Crippen LogP contribution in [0.4, 0.5) is 0 Å². The van der Waals surface area contributed by atoms with Crippen LogP contribution in [0.2, 0.25) is 0 Å². The van der Waals surface area contributed by atoms with E-state index in [0.29, 0.717) is 5.78 Å². The van der Waals surface area contributed by atoms with E-state index in [-0.39, 0.29) is 5.69 Å². The van der Waals surface area contributed by atoms with Gasteiger partial charge in [-0.2, -0.15) is 0 Å². The third-order valence-corrected chi connectivity index (χ3v) is 1.77. The molecule has 0 fully saturated rings.